The van der Waals surface area contributed by atoms with E-state index >= 15 is 0 Å². The van der Waals surface area contributed by atoms with E-state index in [1.54, 1.807) is 7.05 Å². The molecule has 1 N–H and O–H groups in total. The predicted octanol–water partition coefficient (Wildman–Crippen LogP) is 3.15. The fraction of sp³-hybridized carbons (Fsp3) is 0.375. The average Bonchev–Trinajstić information content (AvgIpc) is 2.82. The summed E-state index contributed by atoms with van der Waals surface area (Å²) in [4.78, 5) is 6.37. The molecule has 2 aromatic rings. The number of nitrogens with zero attached hydrogens (tertiary/aromatic N) is 3. The zero-order chi connectivity index (χ0) is 16.1. The van der Waals surface area contributed by atoms with Crippen molar-refractivity contribution in [3.63, 3.8) is 0 Å². The van der Waals surface area contributed by atoms with Crippen LogP contribution in [0.1, 0.15) is 22.6 Å². The van der Waals surface area contributed by atoms with E-state index in [9.17, 15) is 0 Å². The third-order valence-corrected chi connectivity index (χ3v) is 3.76. The molecule has 0 atom stereocenters. The summed E-state index contributed by atoms with van der Waals surface area (Å²) < 4.78 is 5.17. The van der Waals surface area contributed by atoms with Gasteiger partial charge in [-0.2, -0.15) is 0 Å². The Balaban J connectivity index is 1.97. The van der Waals surface area contributed by atoms with Gasteiger partial charge in [-0.15, -0.1) is 0 Å². The van der Waals surface area contributed by atoms with Gasteiger partial charge in [0.15, 0.2) is 5.96 Å². The summed E-state index contributed by atoms with van der Waals surface area (Å²) in [5.41, 5.74) is 3.15. The fourth-order valence-electron chi connectivity index (χ4n) is 2.25. The number of hydrogen-bond acceptors (Lipinski definition) is 3. The predicted molar refractivity (Wildman–Crippen MR) is 89.1 cm³/mol. The molecule has 0 aliphatic rings. The van der Waals surface area contributed by atoms with Gasteiger partial charge in [-0.1, -0.05) is 28.9 Å². The van der Waals surface area contributed by atoms with Crippen molar-refractivity contribution in [3.8, 4) is 0 Å². The Labute approximate surface area is 136 Å². The van der Waals surface area contributed by atoms with Crippen LogP contribution in [-0.4, -0.2) is 30.1 Å². The Morgan fingerprint density at radius 2 is 2.00 bits per heavy atom. The molecule has 118 valence electrons. The highest BCUT2D eigenvalue weighted by atomic mass is 35.5. The standard InChI is InChI=1S/C16H21ClN4O/c1-11-15(12(2)22-20-11)9-19-16(18-3)21(4)10-13-5-7-14(17)8-6-13/h5-8H,9-10H2,1-4H3,(H,18,19). The van der Waals surface area contributed by atoms with Crippen molar-refractivity contribution >= 4 is 17.6 Å². The molecule has 5 nitrogen and oxygen atoms in total. The summed E-state index contributed by atoms with van der Waals surface area (Å²) in [6, 6.07) is 7.82. The quantitative estimate of drug-likeness (QED) is 0.694. The molecule has 1 heterocycles. The molecular formula is C16H21ClN4O. The minimum absolute atomic E-state index is 0.638. The molecule has 0 spiro atoms. The maximum absolute atomic E-state index is 5.91. The highest BCUT2D eigenvalue weighted by molar-refractivity contribution is 6.30. The van der Waals surface area contributed by atoms with Crippen molar-refractivity contribution < 1.29 is 4.52 Å². The molecule has 0 unspecified atom stereocenters. The van der Waals surface area contributed by atoms with Crippen molar-refractivity contribution in [3.05, 3.63) is 51.9 Å². The smallest absolute Gasteiger partial charge is 0.193 e. The Bertz CT molecular complexity index is 629. The summed E-state index contributed by atoms with van der Waals surface area (Å²) in [6.45, 7) is 5.24. The zero-order valence-electron chi connectivity index (χ0n) is 13.4. The molecule has 0 fully saturated rings. The highest BCUT2D eigenvalue weighted by Crippen LogP contribution is 2.13. The first-order valence-electron chi connectivity index (χ1n) is 7.09. The normalized spacial score (nSPS) is 11.6. The number of halogens is 1. The molecule has 0 saturated carbocycles. The van der Waals surface area contributed by atoms with E-state index < -0.39 is 0 Å². The first kappa shape index (κ1) is 16.4. The SMILES string of the molecule is CN=C(NCc1c(C)noc1C)N(C)Cc1ccc(Cl)cc1. The Morgan fingerprint density at radius 1 is 1.32 bits per heavy atom. The summed E-state index contributed by atoms with van der Waals surface area (Å²) in [5.74, 6) is 1.65. The monoisotopic (exact) mass is 320 g/mol. The molecule has 0 aliphatic carbocycles. The van der Waals surface area contributed by atoms with Crippen LogP contribution in [0.3, 0.4) is 0 Å². The van der Waals surface area contributed by atoms with Gasteiger partial charge in [0.2, 0.25) is 0 Å². The van der Waals surface area contributed by atoms with Gasteiger partial charge < -0.3 is 14.7 Å². The van der Waals surface area contributed by atoms with E-state index in [-0.39, 0.29) is 0 Å². The van der Waals surface area contributed by atoms with Crippen LogP contribution in [0.25, 0.3) is 0 Å². The number of rotatable bonds is 4. The Morgan fingerprint density at radius 3 is 2.55 bits per heavy atom. The topological polar surface area (TPSA) is 53.7 Å². The lowest BCUT2D eigenvalue weighted by Gasteiger charge is -2.22. The van der Waals surface area contributed by atoms with Crippen LogP contribution in [0.2, 0.25) is 5.02 Å². The maximum atomic E-state index is 5.91. The first-order chi connectivity index (χ1) is 10.5. The van der Waals surface area contributed by atoms with Crippen molar-refractivity contribution in [1.29, 1.82) is 0 Å². The van der Waals surface area contributed by atoms with Gasteiger partial charge in [-0.25, -0.2) is 0 Å². The van der Waals surface area contributed by atoms with E-state index in [0.717, 1.165) is 34.5 Å². The third-order valence-electron chi connectivity index (χ3n) is 3.51. The van der Waals surface area contributed by atoms with E-state index in [4.69, 9.17) is 16.1 Å². The molecule has 2 rings (SSSR count). The van der Waals surface area contributed by atoms with Crippen LogP contribution in [0, 0.1) is 13.8 Å². The minimum Gasteiger partial charge on any atom is -0.361 e. The van der Waals surface area contributed by atoms with E-state index in [2.05, 4.69) is 20.4 Å². The number of aliphatic imine (C=N–C) groups is 1. The number of nitrogens with one attached hydrogen (secondary N) is 1. The van der Waals surface area contributed by atoms with Crippen molar-refractivity contribution in [1.82, 2.24) is 15.4 Å². The largest absolute Gasteiger partial charge is 0.361 e. The molecule has 1 aromatic carbocycles. The third kappa shape index (κ3) is 4.01. The minimum atomic E-state index is 0.638. The Kier molecular flexibility index (Phi) is 5.44. The molecule has 22 heavy (non-hydrogen) atoms. The average molecular weight is 321 g/mol. The second kappa shape index (κ2) is 7.31. The van der Waals surface area contributed by atoms with Crippen molar-refractivity contribution in [2.45, 2.75) is 26.9 Å². The van der Waals surface area contributed by atoms with Crippen LogP contribution in [0.15, 0.2) is 33.8 Å². The van der Waals surface area contributed by atoms with Gasteiger partial charge in [-0.3, -0.25) is 4.99 Å². The van der Waals surface area contributed by atoms with Crippen LogP contribution < -0.4 is 5.32 Å². The number of guanidine groups is 1. The fourth-order valence-corrected chi connectivity index (χ4v) is 2.37. The van der Waals surface area contributed by atoms with Gasteiger partial charge in [0.1, 0.15) is 5.76 Å². The van der Waals surface area contributed by atoms with Gasteiger partial charge >= 0.3 is 0 Å². The van der Waals surface area contributed by atoms with Gasteiger partial charge in [-0.05, 0) is 31.5 Å². The first-order valence-corrected chi connectivity index (χ1v) is 7.47. The van der Waals surface area contributed by atoms with Crippen LogP contribution in [0.4, 0.5) is 0 Å². The molecule has 0 saturated heterocycles. The molecule has 0 aliphatic heterocycles. The summed E-state index contributed by atoms with van der Waals surface area (Å²) in [7, 11) is 3.77. The summed E-state index contributed by atoms with van der Waals surface area (Å²) in [5, 5.41) is 8.04. The highest BCUT2D eigenvalue weighted by Gasteiger charge is 2.11. The van der Waals surface area contributed by atoms with E-state index in [1.807, 2.05) is 45.2 Å². The second-order valence-electron chi connectivity index (χ2n) is 5.19. The number of hydrogen-bond donors (Lipinski definition) is 1. The molecule has 6 heteroatoms. The van der Waals surface area contributed by atoms with Crippen LogP contribution in [-0.2, 0) is 13.1 Å². The van der Waals surface area contributed by atoms with E-state index in [0.29, 0.717) is 6.54 Å². The van der Waals surface area contributed by atoms with Crippen molar-refractivity contribution in [2.75, 3.05) is 14.1 Å². The van der Waals surface area contributed by atoms with E-state index in [1.165, 1.54) is 5.56 Å². The van der Waals surface area contributed by atoms with Crippen LogP contribution in [0.5, 0.6) is 0 Å². The molecule has 1 aromatic heterocycles. The van der Waals surface area contributed by atoms with Gasteiger partial charge in [0.05, 0.1) is 5.69 Å². The zero-order valence-corrected chi connectivity index (χ0v) is 14.1. The molecular weight excluding hydrogens is 300 g/mol. The van der Waals surface area contributed by atoms with Gasteiger partial charge in [0.25, 0.3) is 0 Å². The van der Waals surface area contributed by atoms with Crippen LogP contribution >= 0.6 is 11.6 Å². The molecule has 0 radical (unpaired) electrons. The number of aromatic nitrogens is 1. The summed E-state index contributed by atoms with van der Waals surface area (Å²) in [6.07, 6.45) is 0. The Hall–Kier alpha value is -2.01. The maximum Gasteiger partial charge on any atom is 0.193 e. The lowest BCUT2D eigenvalue weighted by molar-refractivity contribution is 0.392. The lowest BCUT2D eigenvalue weighted by atomic mass is 10.2. The number of aryl methyl sites for hydroxylation is 2. The van der Waals surface area contributed by atoms with Gasteiger partial charge in [0, 0.05) is 37.8 Å². The second-order valence-corrected chi connectivity index (χ2v) is 5.62. The molecule has 0 bridgehead atoms. The summed E-state index contributed by atoms with van der Waals surface area (Å²) >= 11 is 5.91. The van der Waals surface area contributed by atoms with Crippen molar-refractivity contribution in [2.24, 2.45) is 4.99 Å². The number of benzene rings is 1. The lowest BCUT2D eigenvalue weighted by Crippen LogP contribution is -2.38. The molecule has 0 amide bonds.